The fourth-order valence-electron chi connectivity index (χ4n) is 2.92. The van der Waals surface area contributed by atoms with Crippen LogP contribution in [0.3, 0.4) is 0 Å². The van der Waals surface area contributed by atoms with E-state index in [2.05, 4.69) is 5.32 Å². The van der Waals surface area contributed by atoms with Crippen LogP contribution in [0.5, 0.6) is 0 Å². The second-order valence-corrected chi connectivity index (χ2v) is 7.15. The Labute approximate surface area is 143 Å². The molecule has 0 bridgehead atoms. The number of hydrogen-bond donors (Lipinski definition) is 2. The molecule has 1 fully saturated rings. The molecule has 1 aliphatic carbocycles. The Balaban J connectivity index is 1.88. The molecule has 0 aliphatic heterocycles. The van der Waals surface area contributed by atoms with Gasteiger partial charge in [0.25, 0.3) is 5.91 Å². The lowest BCUT2D eigenvalue weighted by Gasteiger charge is -2.26. The highest BCUT2D eigenvalue weighted by Crippen LogP contribution is 2.22. The Morgan fingerprint density at radius 1 is 1.27 bits per heavy atom. The van der Waals surface area contributed by atoms with E-state index in [1.165, 1.54) is 19.3 Å². The Hall–Kier alpha value is -0.770. The quantitative estimate of drug-likeness (QED) is 0.846. The Bertz CT molecular complexity index is 515. The van der Waals surface area contributed by atoms with E-state index in [-0.39, 0.29) is 11.9 Å². The van der Waals surface area contributed by atoms with E-state index in [1.807, 2.05) is 26.1 Å². The molecule has 0 heterocycles. The van der Waals surface area contributed by atoms with Gasteiger partial charge in [-0.1, -0.05) is 48.5 Å². The lowest BCUT2D eigenvalue weighted by atomic mass is 9.95. The molecule has 0 saturated heterocycles. The molecule has 1 unspecified atom stereocenters. The molecule has 1 aromatic carbocycles. The van der Waals surface area contributed by atoms with E-state index in [0.29, 0.717) is 16.1 Å². The summed E-state index contributed by atoms with van der Waals surface area (Å²) in [6.45, 7) is 2.72. The third-order valence-electron chi connectivity index (χ3n) is 4.55. The van der Waals surface area contributed by atoms with Gasteiger partial charge in [0.1, 0.15) is 6.54 Å². The summed E-state index contributed by atoms with van der Waals surface area (Å²) in [5.41, 5.74) is 1.09. The molecule has 5 heteroatoms. The fraction of sp³-hybridized carbons (Fsp3) is 0.588. The number of amides is 1. The Kier molecular flexibility index (Phi) is 6.54. The average Bonchev–Trinajstić information content (AvgIpc) is 2.51. The molecule has 1 saturated carbocycles. The predicted octanol–water partition coefficient (Wildman–Crippen LogP) is 2.85. The number of halogens is 2. The predicted molar refractivity (Wildman–Crippen MR) is 91.5 cm³/mol. The smallest absolute Gasteiger partial charge is 0.278 e. The first kappa shape index (κ1) is 17.6. The van der Waals surface area contributed by atoms with Gasteiger partial charge in [0, 0.05) is 11.6 Å². The van der Waals surface area contributed by atoms with Gasteiger partial charge in [0.15, 0.2) is 6.04 Å². The van der Waals surface area contributed by atoms with Gasteiger partial charge in [0.05, 0.1) is 17.1 Å². The minimum absolute atomic E-state index is 0.0867. The molecule has 122 valence electrons. The van der Waals surface area contributed by atoms with E-state index in [4.69, 9.17) is 23.2 Å². The maximum absolute atomic E-state index is 12.4. The maximum Gasteiger partial charge on any atom is 0.278 e. The van der Waals surface area contributed by atoms with Crippen LogP contribution >= 0.6 is 23.2 Å². The van der Waals surface area contributed by atoms with Crippen molar-refractivity contribution in [2.45, 2.75) is 57.7 Å². The zero-order valence-corrected chi connectivity index (χ0v) is 14.8. The molecule has 1 aliphatic rings. The van der Waals surface area contributed by atoms with Crippen molar-refractivity contribution in [2.24, 2.45) is 0 Å². The molecule has 2 N–H and O–H groups in total. The average molecular weight is 344 g/mol. The molecule has 1 aromatic rings. The first-order valence-corrected chi connectivity index (χ1v) is 8.79. The van der Waals surface area contributed by atoms with Crippen LogP contribution in [0.4, 0.5) is 0 Å². The highest BCUT2D eigenvalue weighted by Gasteiger charge is 2.25. The minimum Gasteiger partial charge on any atom is -0.348 e. The first-order valence-electron chi connectivity index (χ1n) is 8.04. The van der Waals surface area contributed by atoms with Crippen molar-refractivity contribution in [2.75, 3.05) is 7.05 Å². The van der Waals surface area contributed by atoms with E-state index in [9.17, 15) is 4.79 Å². The van der Waals surface area contributed by atoms with Crippen LogP contribution in [0.25, 0.3) is 0 Å². The van der Waals surface area contributed by atoms with Crippen molar-refractivity contribution >= 4 is 29.1 Å². The minimum atomic E-state index is -0.0867. The largest absolute Gasteiger partial charge is 0.348 e. The van der Waals surface area contributed by atoms with Crippen LogP contribution in [-0.4, -0.2) is 25.0 Å². The van der Waals surface area contributed by atoms with Crippen LogP contribution < -0.4 is 10.2 Å². The molecular weight excluding hydrogens is 319 g/mol. The van der Waals surface area contributed by atoms with Gasteiger partial charge in [-0.15, -0.1) is 0 Å². The van der Waals surface area contributed by atoms with Crippen LogP contribution in [0.1, 0.15) is 44.6 Å². The van der Waals surface area contributed by atoms with Gasteiger partial charge >= 0.3 is 0 Å². The number of nitrogens with one attached hydrogen (secondary N) is 2. The molecular formula is C17H25Cl2N2O+. The lowest BCUT2D eigenvalue weighted by molar-refractivity contribution is -0.908. The van der Waals surface area contributed by atoms with Crippen molar-refractivity contribution in [1.29, 1.82) is 0 Å². The summed E-state index contributed by atoms with van der Waals surface area (Å²) >= 11 is 12.0. The second kappa shape index (κ2) is 8.19. The fourth-order valence-corrected chi connectivity index (χ4v) is 3.24. The van der Waals surface area contributed by atoms with E-state index < -0.39 is 0 Å². The summed E-state index contributed by atoms with van der Waals surface area (Å²) < 4.78 is 0. The van der Waals surface area contributed by atoms with Crippen LogP contribution in [-0.2, 0) is 11.3 Å². The van der Waals surface area contributed by atoms with Crippen molar-refractivity contribution < 1.29 is 9.69 Å². The van der Waals surface area contributed by atoms with Gasteiger partial charge in [-0.05, 0) is 31.9 Å². The van der Waals surface area contributed by atoms with Crippen LogP contribution in [0.15, 0.2) is 18.2 Å². The van der Waals surface area contributed by atoms with Crippen LogP contribution in [0.2, 0.25) is 10.0 Å². The Morgan fingerprint density at radius 3 is 2.59 bits per heavy atom. The maximum atomic E-state index is 12.4. The number of likely N-dealkylation sites (N-methyl/N-ethyl adjacent to an activating group) is 1. The van der Waals surface area contributed by atoms with Crippen LogP contribution in [0, 0.1) is 0 Å². The molecule has 0 spiro atoms. The third kappa shape index (κ3) is 4.87. The van der Waals surface area contributed by atoms with Gasteiger partial charge < -0.3 is 10.2 Å². The standard InChI is InChI=1S/C17H24Cl2N2O/c1-12(17(22)20-14-6-4-3-5-7-14)21(2)11-13-8-9-15(18)16(19)10-13/h8-10,12,14H,3-7,11H2,1-2H3,(H,20,22)/p+1/t12-/m1/s1. The molecule has 3 nitrogen and oxygen atoms in total. The summed E-state index contributed by atoms with van der Waals surface area (Å²) in [7, 11) is 2.04. The number of benzene rings is 1. The van der Waals surface area contributed by atoms with Crippen molar-refractivity contribution in [3.63, 3.8) is 0 Å². The van der Waals surface area contributed by atoms with E-state index >= 15 is 0 Å². The van der Waals surface area contributed by atoms with Gasteiger partial charge in [-0.3, -0.25) is 4.79 Å². The first-order chi connectivity index (χ1) is 10.5. The highest BCUT2D eigenvalue weighted by molar-refractivity contribution is 6.42. The van der Waals surface area contributed by atoms with Crippen molar-refractivity contribution in [3.8, 4) is 0 Å². The zero-order valence-electron chi connectivity index (χ0n) is 13.3. The monoisotopic (exact) mass is 343 g/mol. The van der Waals surface area contributed by atoms with E-state index in [0.717, 1.165) is 29.8 Å². The number of hydrogen-bond acceptors (Lipinski definition) is 1. The van der Waals surface area contributed by atoms with E-state index in [1.54, 1.807) is 6.07 Å². The normalized spacial score (nSPS) is 18.7. The summed E-state index contributed by atoms with van der Waals surface area (Å²) in [5, 5.41) is 4.32. The lowest BCUT2D eigenvalue weighted by Crippen LogP contribution is -3.12. The highest BCUT2D eigenvalue weighted by atomic mass is 35.5. The summed E-state index contributed by atoms with van der Waals surface area (Å²) in [5.74, 6) is 0.143. The van der Waals surface area contributed by atoms with Crippen molar-refractivity contribution in [3.05, 3.63) is 33.8 Å². The summed E-state index contributed by atoms with van der Waals surface area (Å²) in [6, 6.07) is 5.92. The number of quaternary nitrogens is 1. The SMILES string of the molecule is C[C@H](C(=O)NC1CCCCC1)[NH+](C)Cc1ccc(Cl)c(Cl)c1. The number of carbonyl (C=O) groups excluding carboxylic acids is 1. The Morgan fingerprint density at radius 2 is 1.95 bits per heavy atom. The molecule has 2 atom stereocenters. The molecule has 2 rings (SSSR count). The van der Waals surface area contributed by atoms with Gasteiger partial charge in [-0.25, -0.2) is 0 Å². The molecule has 0 radical (unpaired) electrons. The number of carbonyl (C=O) groups is 1. The summed E-state index contributed by atoms with van der Waals surface area (Å²) in [6.07, 6.45) is 5.98. The summed E-state index contributed by atoms with van der Waals surface area (Å²) in [4.78, 5) is 13.5. The topological polar surface area (TPSA) is 33.5 Å². The van der Waals surface area contributed by atoms with Crippen molar-refractivity contribution in [1.82, 2.24) is 5.32 Å². The molecule has 0 aromatic heterocycles. The van der Waals surface area contributed by atoms with Gasteiger partial charge in [-0.2, -0.15) is 0 Å². The molecule has 22 heavy (non-hydrogen) atoms. The zero-order chi connectivity index (χ0) is 16.1. The molecule has 1 amide bonds. The third-order valence-corrected chi connectivity index (χ3v) is 5.29. The van der Waals surface area contributed by atoms with Gasteiger partial charge in [0.2, 0.25) is 0 Å². The number of rotatable bonds is 5. The second-order valence-electron chi connectivity index (χ2n) is 6.34.